The molecule has 0 amide bonds. The normalized spacial score (nSPS) is 26.1. The van der Waals surface area contributed by atoms with Gasteiger partial charge in [0.15, 0.2) is 0 Å². The fourth-order valence-corrected chi connectivity index (χ4v) is 4.85. The second-order valence-electron chi connectivity index (χ2n) is 9.02. The third-order valence-electron chi connectivity index (χ3n) is 7.22. The van der Waals surface area contributed by atoms with Gasteiger partial charge in [0, 0.05) is 11.1 Å². The third-order valence-corrected chi connectivity index (χ3v) is 7.22. The smallest absolute Gasteiger partial charge is 0.333 e. The van der Waals surface area contributed by atoms with E-state index in [4.69, 9.17) is 9.47 Å². The molecule has 0 N–H and O–H groups in total. The maximum atomic E-state index is 11.6. The number of rotatable bonds is 5. The van der Waals surface area contributed by atoms with E-state index in [1.807, 2.05) is 30.3 Å². The molecule has 0 aliphatic heterocycles. The van der Waals surface area contributed by atoms with Crippen LogP contribution in [0.3, 0.4) is 0 Å². The van der Waals surface area contributed by atoms with Crippen LogP contribution in [0, 0.1) is 22.7 Å². The number of esters is 2. The number of fused-ring (bicyclic) bond motifs is 2. The second kappa shape index (κ2) is 8.98. The van der Waals surface area contributed by atoms with Crippen molar-refractivity contribution >= 4 is 11.9 Å². The summed E-state index contributed by atoms with van der Waals surface area (Å²) in [7, 11) is 1.44. The molecule has 0 saturated heterocycles. The van der Waals surface area contributed by atoms with E-state index in [1.165, 1.54) is 20.0 Å². The van der Waals surface area contributed by atoms with E-state index in [1.54, 1.807) is 6.92 Å². The molecule has 1 aromatic rings. The fourth-order valence-electron chi connectivity index (χ4n) is 4.85. The number of hydrogen-bond acceptors (Lipinski definition) is 4. The minimum atomic E-state index is -0.344. The van der Waals surface area contributed by atoms with E-state index in [-0.39, 0.29) is 17.4 Å². The van der Waals surface area contributed by atoms with Crippen LogP contribution in [0.1, 0.15) is 52.5 Å². The second-order valence-corrected chi connectivity index (χ2v) is 9.02. The van der Waals surface area contributed by atoms with E-state index in [0.717, 1.165) is 17.9 Å². The summed E-state index contributed by atoms with van der Waals surface area (Å²) in [4.78, 5) is 22.6. The van der Waals surface area contributed by atoms with Crippen molar-refractivity contribution in [3.8, 4) is 0 Å². The van der Waals surface area contributed by atoms with Crippen molar-refractivity contribution in [3.05, 3.63) is 60.2 Å². The largest absolute Gasteiger partial charge is 0.466 e. The molecule has 2 bridgehead atoms. The Labute approximate surface area is 175 Å². The summed E-state index contributed by atoms with van der Waals surface area (Å²) >= 11 is 0. The first kappa shape index (κ1) is 22.9. The van der Waals surface area contributed by atoms with Crippen LogP contribution in [0.5, 0.6) is 0 Å². The third kappa shape index (κ3) is 4.63. The Hall–Kier alpha value is -2.36. The molecule has 4 heteroatoms. The number of methoxy groups -OCH3 is 1. The van der Waals surface area contributed by atoms with Gasteiger partial charge >= 0.3 is 11.9 Å². The summed E-state index contributed by atoms with van der Waals surface area (Å²) in [5.41, 5.74) is 2.64. The zero-order valence-corrected chi connectivity index (χ0v) is 18.4. The van der Waals surface area contributed by atoms with Gasteiger partial charge in [-0.25, -0.2) is 9.59 Å². The lowest BCUT2D eigenvalue weighted by atomic mass is 9.65. The van der Waals surface area contributed by atoms with E-state index in [2.05, 4.69) is 33.9 Å². The van der Waals surface area contributed by atoms with Gasteiger partial charge in [-0.15, -0.1) is 0 Å². The first-order chi connectivity index (χ1) is 13.5. The van der Waals surface area contributed by atoms with Crippen molar-refractivity contribution in [3.63, 3.8) is 0 Å². The molecule has 0 radical (unpaired) electrons. The van der Waals surface area contributed by atoms with Gasteiger partial charge in [0.2, 0.25) is 0 Å². The Kier molecular flexibility index (Phi) is 7.10. The Morgan fingerprint density at radius 1 is 1.10 bits per heavy atom. The van der Waals surface area contributed by atoms with Gasteiger partial charge in [-0.2, -0.15) is 0 Å². The summed E-state index contributed by atoms with van der Waals surface area (Å²) in [5, 5.41) is 0. The average molecular weight is 399 g/mol. The Morgan fingerprint density at radius 3 is 2.17 bits per heavy atom. The molecular formula is C25H34O4. The van der Waals surface area contributed by atoms with Crippen LogP contribution >= 0.6 is 0 Å². The highest BCUT2D eigenvalue weighted by molar-refractivity contribution is 5.88. The number of benzene rings is 1. The Balaban J connectivity index is 0.000000212. The molecule has 2 aliphatic rings. The lowest BCUT2D eigenvalue weighted by Gasteiger charge is -2.39. The Morgan fingerprint density at radius 2 is 1.72 bits per heavy atom. The number of hydrogen-bond donors (Lipinski definition) is 0. The molecule has 29 heavy (non-hydrogen) atoms. The van der Waals surface area contributed by atoms with Crippen LogP contribution in [0.2, 0.25) is 0 Å². The highest BCUT2D eigenvalue weighted by atomic mass is 16.5. The van der Waals surface area contributed by atoms with E-state index in [9.17, 15) is 9.59 Å². The van der Waals surface area contributed by atoms with Gasteiger partial charge in [-0.1, -0.05) is 64.3 Å². The zero-order chi connectivity index (χ0) is 21.8. The standard InChI is InChI=1S/C14H22O2.C11H12O2/c1-9(12(15)16-5)11-8-10-6-7-14(11,4)13(10,2)3;1-9(2)11(12)13-8-10-6-4-3-5-7-10/h10-11H,1,6-8H2,2-5H3;3-7H,1,8H2,2H3/t10-,11?,14-;/m1./s1. The lowest BCUT2D eigenvalue weighted by Crippen LogP contribution is -2.34. The van der Waals surface area contributed by atoms with Gasteiger partial charge in [0.1, 0.15) is 6.61 Å². The van der Waals surface area contributed by atoms with Gasteiger partial charge in [-0.3, -0.25) is 0 Å². The summed E-state index contributed by atoms with van der Waals surface area (Å²) in [6.45, 7) is 16.4. The van der Waals surface area contributed by atoms with Gasteiger partial charge < -0.3 is 9.47 Å². The number of carbonyl (C=O) groups is 2. The van der Waals surface area contributed by atoms with E-state index >= 15 is 0 Å². The molecule has 3 rings (SSSR count). The zero-order valence-electron chi connectivity index (χ0n) is 18.4. The van der Waals surface area contributed by atoms with Crippen LogP contribution in [0.15, 0.2) is 54.6 Å². The van der Waals surface area contributed by atoms with Crippen molar-refractivity contribution < 1.29 is 19.1 Å². The molecule has 4 nitrogen and oxygen atoms in total. The van der Waals surface area contributed by atoms with Crippen LogP contribution in [-0.4, -0.2) is 19.0 Å². The number of carbonyl (C=O) groups excluding carboxylic acids is 2. The van der Waals surface area contributed by atoms with Crippen LogP contribution in [0.25, 0.3) is 0 Å². The van der Waals surface area contributed by atoms with Crippen molar-refractivity contribution in [2.45, 2.75) is 53.6 Å². The highest BCUT2D eigenvalue weighted by Gasteiger charge is 2.62. The van der Waals surface area contributed by atoms with Crippen molar-refractivity contribution in [1.29, 1.82) is 0 Å². The maximum Gasteiger partial charge on any atom is 0.333 e. The van der Waals surface area contributed by atoms with Crippen molar-refractivity contribution in [2.24, 2.45) is 22.7 Å². The van der Waals surface area contributed by atoms with E-state index < -0.39 is 0 Å². The van der Waals surface area contributed by atoms with Gasteiger partial charge in [0.05, 0.1) is 7.11 Å². The molecule has 2 aliphatic carbocycles. The van der Waals surface area contributed by atoms with Crippen molar-refractivity contribution in [1.82, 2.24) is 0 Å². The molecule has 0 heterocycles. The minimum Gasteiger partial charge on any atom is -0.466 e. The summed E-state index contributed by atoms with van der Waals surface area (Å²) in [5.74, 6) is 0.482. The van der Waals surface area contributed by atoms with Gasteiger partial charge in [-0.05, 0) is 54.4 Å². The monoisotopic (exact) mass is 398 g/mol. The molecule has 0 aromatic heterocycles. The molecule has 1 unspecified atom stereocenters. The molecule has 158 valence electrons. The predicted molar refractivity (Wildman–Crippen MR) is 115 cm³/mol. The molecule has 2 fully saturated rings. The summed E-state index contributed by atoms with van der Waals surface area (Å²) < 4.78 is 9.76. The highest BCUT2D eigenvalue weighted by Crippen LogP contribution is 2.69. The summed E-state index contributed by atoms with van der Waals surface area (Å²) in [6.07, 6.45) is 3.62. The first-order valence-electron chi connectivity index (χ1n) is 10.2. The predicted octanol–water partition coefficient (Wildman–Crippen LogP) is 5.48. The molecular weight excluding hydrogens is 364 g/mol. The van der Waals surface area contributed by atoms with Gasteiger partial charge in [0.25, 0.3) is 0 Å². The molecule has 2 saturated carbocycles. The van der Waals surface area contributed by atoms with Crippen molar-refractivity contribution in [2.75, 3.05) is 7.11 Å². The lowest BCUT2D eigenvalue weighted by molar-refractivity contribution is -0.140. The average Bonchev–Trinajstić information content (AvgIpc) is 3.05. The van der Waals surface area contributed by atoms with Crippen LogP contribution in [0.4, 0.5) is 0 Å². The van der Waals surface area contributed by atoms with Crippen LogP contribution < -0.4 is 0 Å². The fraction of sp³-hybridized carbons (Fsp3) is 0.520. The minimum absolute atomic E-state index is 0.225. The maximum absolute atomic E-state index is 11.6. The Bertz CT molecular complexity index is 777. The first-order valence-corrected chi connectivity index (χ1v) is 10.2. The van der Waals surface area contributed by atoms with E-state index in [0.29, 0.717) is 29.1 Å². The summed E-state index contributed by atoms with van der Waals surface area (Å²) in [6, 6.07) is 9.55. The van der Waals surface area contributed by atoms with Crippen LogP contribution in [-0.2, 0) is 25.7 Å². The quantitative estimate of drug-likeness (QED) is 0.486. The molecule has 1 aromatic carbocycles. The topological polar surface area (TPSA) is 52.6 Å². The molecule has 3 atom stereocenters. The molecule has 0 spiro atoms. The number of ether oxygens (including phenoxy) is 2. The SMILES string of the molecule is C=C(C(=O)OC)C1C[C@H]2CC[C@@]1(C)C2(C)C.C=C(C)C(=O)OCc1ccccc1.